The van der Waals surface area contributed by atoms with Gasteiger partial charge in [0.1, 0.15) is 0 Å². The highest BCUT2D eigenvalue weighted by Crippen LogP contribution is 2.35. The first kappa shape index (κ1) is 14.3. The highest BCUT2D eigenvalue weighted by atomic mass is 16.5. The molecule has 2 heteroatoms. The number of ether oxygens (including phenoxy) is 1. The fourth-order valence-corrected chi connectivity index (χ4v) is 3.89. The van der Waals surface area contributed by atoms with E-state index < -0.39 is 0 Å². The minimum atomic E-state index is 0.755. The molecule has 2 fully saturated rings. The Bertz CT molecular complexity index is 217. The van der Waals surface area contributed by atoms with E-state index in [9.17, 15) is 0 Å². The lowest BCUT2D eigenvalue weighted by Gasteiger charge is -2.36. The first-order chi connectivity index (χ1) is 8.83. The van der Waals surface area contributed by atoms with E-state index in [0.29, 0.717) is 0 Å². The fraction of sp³-hybridized carbons (Fsp3) is 1.00. The maximum Gasteiger partial charge on any atom is 0.0468 e. The average Bonchev–Trinajstić information content (AvgIpc) is 2.46. The molecule has 0 spiro atoms. The van der Waals surface area contributed by atoms with E-state index in [4.69, 9.17) is 4.74 Å². The Balaban J connectivity index is 1.77. The first-order valence-corrected chi connectivity index (χ1v) is 8.08. The van der Waals surface area contributed by atoms with E-state index >= 15 is 0 Å². The molecule has 2 nitrogen and oxygen atoms in total. The lowest BCUT2D eigenvalue weighted by molar-refractivity contribution is 0.0562. The molecule has 0 bridgehead atoms. The summed E-state index contributed by atoms with van der Waals surface area (Å²) in [6, 6.07) is 0.755. The predicted molar refractivity (Wildman–Crippen MR) is 76.7 cm³/mol. The summed E-state index contributed by atoms with van der Waals surface area (Å²) >= 11 is 0. The molecule has 1 unspecified atom stereocenters. The van der Waals surface area contributed by atoms with Gasteiger partial charge in [-0.15, -0.1) is 0 Å². The summed E-state index contributed by atoms with van der Waals surface area (Å²) in [5.74, 6) is 2.85. The Hall–Kier alpha value is -0.0800. The third kappa shape index (κ3) is 3.96. The lowest BCUT2D eigenvalue weighted by Crippen LogP contribution is -2.38. The zero-order valence-electron chi connectivity index (χ0n) is 12.3. The van der Waals surface area contributed by atoms with Gasteiger partial charge < -0.3 is 10.1 Å². The van der Waals surface area contributed by atoms with Crippen molar-refractivity contribution >= 4 is 0 Å². The highest BCUT2D eigenvalue weighted by molar-refractivity contribution is 4.83. The quantitative estimate of drug-likeness (QED) is 0.808. The van der Waals surface area contributed by atoms with Gasteiger partial charge in [0.05, 0.1) is 0 Å². The minimum absolute atomic E-state index is 0.755. The molecule has 0 amide bonds. The standard InChI is InChI=1S/C16H31NO/c1-3-13-4-6-15(7-5-13)16(17-2)12-14-8-10-18-11-9-14/h13-17H,3-12H2,1-2H3. The number of rotatable bonds is 5. The Morgan fingerprint density at radius 3 is 2.22 bits per heavy atom. The molecule has 0 aromatic heterocycles. The predicted octanol–water partition coefficient (Wildman–Crippen LogP) is 3.61. The Kier molecular flexibility index (Phi) is 5.97. The van der Waals surface area contributed by atoms with Gasteiger partial charge in [0.25, 0.3) is 0 Å². The molecule has 2 rings (SSSR count). The molecule has 1 saturated carbocycles. The minimum Gasteiger partial charge on any atom is -0.381 e. The van der Waals surface area contributed by atoms with Gasteiger partial charge in [-0.1, -0.05) is 26.2 Å². The molecule has 0 aromatic rings. The van der Waals surface area contributed by atoms with Crippen molar-refractivity contribution in [1.82, 2.24) is 5.32 Å². The Morgan fingerprint density at radius 2 is 1.67 bits per heavy atom. The second-order valence-corrected chi connectivity index (χ2v) is 6.38. The van der Waals surface area contributed by atoms with E-state index in [0.717, 1.165) is 37.0 Å². The van der Waals surface area contributed by atoms with Crippen molar-refractivity contribution in [3.63, 3.8) is 0 Å². The summed E-state index contributed by atoms with van der Waals surface area (Å²) in [4.78, 5) is 0. The van der Waals surface area contributed by atoms with Crippen LogP contribution in [-0.4, -0.2) is 26.3 Å². The monoisotopic (exact) mass is 253 g/mol. The van der Waals surface area contributed by atoms with Crippen molar-refractivity contribution in [1.29, 1.82) is 0 Å². The van der Waals surface area contributed by atoms with E-state index in [1.807, 2.05) is 0 Å². The lowest BCUT2D eigenvalue weighted by atomic mass is 9.75. The third-order valence-corrected chi connectivity index (χ3v) is 5.34. The van der Waals surface area contributed by atoms with Gasteiger partial charge in [-0.25, -0.2) is 0 Å². The largest absolute Gasteiger partial charge is 0.381 e. The molecular weight excluding hydrogens is 222 g/mol. The second-order valence-electron chi connectivity index (χ2n) is 6.38. The molecule has 1 atom stereocenters. The van der Waals surface area contributed by atoms with Crippen LogP contribution in [0.5, 0.6) is 0 Å². The van der Waals surface area contributed by atoms with Gasteiger partial charge in [0.15, 0.2) is 0 Å². The molecule has 2 aliphatic rings. The summed E-state index contributed by atoms with van der Waals surface area (Å²) in [5, 5.41) is 3.61. The van der Waals surface area contributed by atoms with Gasteiger partial charge in [-0.3, -0.25) is 0 Å². The normalized spacial score (nSPS) is 32.3. The topological polar surface area (TPSA) is 21.3 Å². The average molecular weight is 253 g/mol. The van der Waals surface area contributed by atoms with Crippen LogP contribution in [0.3, 0.4) is 0 Å². The van der Waals surface area contributed by atoms with Gasteiger partial charge in [0, 0.05) is 19.3 Å². The van der Waals surface area contributed by atoms with Crippen LogP contribution < -0.4 is 5.32 Å². The zero-order chi connectivity index (χ0) is 12.8. The van der Waals surface area contributed by atoms with Crippen LogP contribution in [0.15, 0.2) is 0 Å². The van der Waals surface area contributed by atoms with E-state index in [1.165, 1.54) is 51.4 Å². The summed E-state index contributed by atoms with van der Waals surface area (Å²) < 4.78 is 5.47. The molecule has 1 heterocycles. The summed E-state index contributed by atoms with van der Waals surface area (Å²) in [5.41, 5.74) is 0. The smallest absolute Gasteiger partial charge is 0.0468 e. The van der Waals surface area contributed by atoms with Crippen LogP contribution in [0.25, 0.3) is 0 Å². The molecule has 0 radical (unpaired) electrons. The Labute approximate surface area is 113 Å². The van der Waals surface area contributed by atoms with Crippen LogP contribution in [0.4, 0.5) is 0 Å². The molecule has 1 aliphatic heterocycles. The van der Waals surface area contributed by atoms with Crippen molar-refractivity contribution < 1.29 is 4.74 Å². The van der Waals surface area contributed by atoms with Crippen molar-refractivity contribution in [3.8, 4) is 0 Å². The van der Waals surface area contributed by atoms with Gasteiger partial charge in [0.2, 0.25) is 0 Å². The van der Waals surface area contributed by atoms with E-state index in [2.05, 4.69) is 19.3 Å². The van der Waals surface area contributed by atoms with E-state index in [1.54, 1.807) is 0 Å². The van der Waals surface area contributed by atoms with Gasteiger partial charge in [-0.2, -0.15) is 0 Å². The van der Waals surface area contributed by atoms with Crippen LogP contribution in [0.1, 0.15) is 58.3 Å². The maximum absolute atomic E-state index is 5.47. The molecule has 18 heavy (non-hydrogen) atoms. The van der Waals surface area contributed by atoms with Crippen molar-refractivity contribution in [2.75, 3.05) is 20.3 Å². The molecule has 1 N–H and O–H groups in total. The van der Waals surface area contributed by atoms with Gasteiger partial charge in [-0.05, 0) is 56.9 Å². The summed E-state index contributed by atoms with van der Waals surface area (Å²) in [6.07, 6.45) is 11.2. The molecule has 1 aliphatic carbocycles. The van der Waals surface area contributed by atoms with Crippen LogP contribution in [-0.2, 0) is 4.74 Å². The van der Waals surface area contributed by atoms with Crippen LogP contribution >= 0.6 is 0 Å². The van der Waals surface area contributed by atoms with Crippen molar-refractivity contribution in [3.05, 3.63) is 0 Å². The molecule has 0 aromatic carbocycles. The summed E-state index contributed by atoms with van der Waals surface area (Å²) in [7, 11) is 2.16. The van der Waals surface area contributed by atoms with E-state index in [-0.39, 0.29) is 0 Å². The number of nitrogens with one attached hydrogen (secondary N) is 1. The van der Waals surface area contributed by atoms with Crippen LogP contribution in [0.2, 0.25) is 0 Å². The SMILES string of the molecule is CCC1CCC(C(CC2CCOCC2)NC)CC1. The Morgan fingerprint density at radius 1 is 1.00 bits per heavy atom. The fourth-order valence-electron chi connectivity index (χ4n) is 3.89. The first-order valence-electron chi connectivity index (χ1n) is 8.08. The molecule has 106 valence electrons. The van der Waals surface area contributed by atoms with Crippen molar-refractivity contribution in [2.24, 2.45) is 17.8 Å². The van der Waals surface area contributed by atoms with Crippen LogP contribution in [0, 0.1) is 17.8 Å². The third-order valence-electron chi connectivity index (χ3n) is 5.34. The zero-order valence-corrected chi connectivity index (χ0v) is 12.3. The molecule has 1 saturated heterocycles. The molecular formula is C16H31NO. The number of hydrogen-bond donors (Lipinski definition) is 1. The highest BCUT2D eigenvalue weighted by Gasteiger charge is 2.28. The van der Waals surface area contributed by atoms with Gasteiger partial charge >= 0.3 is 0 Å². The second kappa shape index (κ2) is 7.49. The summed E-state index contributed by atoms with van der Waals surface area (Å²) in [6.45, 7) is 4.33. The maximum atomic E-state index is 5.47. The van der Waals surface area contributed by atoms with Crippen molar-refractivity contribution in [2.45, 2.75) is 64.3 Å². The number of hydrogen-bond acceptors (Lipinski definition) is 2.